The van der Waals surface area contributed by atoms with Gasteiger partial charge in [-0.15, -0.1) is 0 Å². The minimum atomic E-state index is -5.08. The van der Waals surface area contributed by atoms with Crippen molar-refractivity contribution in [2.45, 2.75) is 57.5 Å². The summed E-state index contributed by atoms with van der Waals surface area (Å²) in [5.41, 5.74) is -3.06. The average Bonchev–Trinajstić information content (AvgIpc) is 3.92. The van der Waals surface area contributed by atoms with Crippen LogP contribution in [0.15, 0.2) is 42.7 Å². The van der Waals surface area contributed by atoms with Crippen LogP contribution in [0.25, 0.3) is 0 Å². The Labute approximate surface area is 269 Å². The maximum absolute atomic E-state index is 15.7. The van der Waals surface area contributed by atoms with Gasteiger partial charge in [-0.2, -0.15) is 26.3 Å². The van der Waals surface area contributed by atoms with E-state index in [4.69, 9.17) is 4.74 Å². The molecule has 2 saturated carbocycles. The van der Waals surface area contributed by atoms with Crippen molar-refractivity contribution in [2.24, 2.45) is 11.8 Å². The van der Waals surface area contributed by atoms with E-state index in [1.54, 1.807) is 0 Å². The Morgan fingerprint density at radius 3 is 1.94 bits per heavy atom. The molecular weight excluding hydrogens is 656 g/mol. The van der Waals surface area contributed by atoms with Gasteiger partial charge in [0.25, 0.3) is 0 Å². The molecule has 0 bridgehead atoms. The van der Waals surface area contributed by atoms with Gasteiger partial charge in [0.2, 0.25) is 5.95 Å². The molecule has 2 atom stereocenters. The minimum Gasteiger partial charge on any atom is -0.489 e. The van der Waals surface area contributed by atoms with E-state index in [9.17, 15) is 34.9 Å². The van der Waals surface area contributed by atoms with Gasteiger partial charge in [0, 0.05) is 48.3 Å². The van der Waals surface area contributed by atoms with Crippen molar-refractivity contribution in [3.63, 3.8) is 0 Å². The molecule has 0 radical (unpaired) electrons. The number of ether oxygens (including phenoxy) is 1. The van der Waals surface area contributed by atoms with Crippen molar-refractivity contribution < 1.29 is 44.1 Å². The summed E-state index contributed by atoms with van der Waals surface area (Å²) in [5, 5.41) is 0. The number of anilines is 2. The van der Waals surface area contributed by atoms with Gasteiger partial charge in [-0.25, -0.2) is 18.7 Å². The fourth-order valence-corrected chi connectivity index (χ4v) is 5.67. The molecule has 15 heteroatoms. The topological polar surface area (TPSA) is 58.6 Å². The van der Waals surface area contributed by atoms with Crippen molar-refractivity contribution in [3.05, 3.63) is 76.6 Å². The largest absolute Gasteiger partial charge is 0.489 e. The molecule has 0 aliphatic heterocycles. The molecule has 1 heterocycles. The Morgan fingerprint density at radius 2 is 1.45 bits per heavy atom. The summed E-state index contributed by atoms with van der Waals surface area (Å²) in [6.45, 7) is 2.19. The highest BCUT2D eigenvalue weighted by Crippen LogP contribution is 2.41. The van der Waals surface area contributed by atoms with E-state index in [1.165, 1.54) is 30.5 Å². The third kappa shape index (κ3) is 9.32. The van der Waals surface area contributed by atoms with E-state index >= 15 is 4.39 Å². The third-order valence-electron chi connectivity index (χ3n) is 8.19. The first kappa shape index (κ1) is 34.8. The average molecular weight is 691 g/mol. The standard InChI is InChI=1S/C32H34F8N4O2S/c1-19(22-9-24(31(35,36)37)12-25(10-22)32(38,39)40)44(30-41-14-27(15-42-30)46-7-8-47(2)45)18-23-11-26(33)13-28(34)29(23)43(16-20-3-4-20)17-21-5-6-21/h9-15,19-21H,3-8,16-18H2,1-2H3. The summed E-state index contributed by atoms with van der Waals surface area (Å²) in [5.74, 6) is -0.729. The Balaban J connectivity index is 1.58. The van der Waals surface area contributed by atoms with Crippen LogP contribution in [0, 0.1) is 23.5 Å². The fourth-order valence-electron chi connectivity index (χ4n) is 5.35. The van der Waals surface area contributed by atoms with Crippen LogP contribution in [0.5, 0.6) is 5.75 Å². The van der Waals surface area contributed by atoms with Crippen LogP contribution in [0.4, 0.5) is 46.8 Å². The van der Waals surface area contributed by atoms with E-state index < -0.39 is 52.0 Å². The van der Waals surface area contributed by atoms with Crippen LogP contribution < -0.4 is 14.5 Å². The van der Waals surface area contributed by atoms with E-state index in [0.29, 0.717) is 37.1 Å². The van der Waals surface area contributed by atoms with Gasteiger partial charge in [0.1, 0.15) is 11.6 Å². The quantitative estimate of drug-likeness (QED) is 0.160. The highest BCUT2D eigenvalue weighted by Gasteiger charge is 2.38. The molecule has 2 aromatic carbocycles. The molecule has 0 saturated heterocycles. The second kappa shape index (κ2) is 13.9. The number of hydrogen-bond acceptors (Lipinski definition) is 6. The maximum Gasteiger partial charge on any atom is 0.416 e. The number of rotatable bonds is 14. The van der Waals surface area contributed by atoms with Gasteiger partial charge < -0.3 is 14.5 Å². The van der Waals surface area contributed by atoms with E-state index in [2.05, 4.69) is 9.97 Å². The molecule has 2 aliphatic rings. The second-order valence-corrected chi connectivity index (χ2v) is 13.7. The van der Waals surface area contributed by atoms with Gasteiger partial charge in [0.05, 0.1) is 47.6 Å². The number of hydrogen-bond donors (Lipinski definition) is 0. The number of halogens is 8. The van der Waals surface area contributed by atoms with Crippen LogP contribution in [0.1, 0.15) is 60.9 Å². The molecule has 6 nitrogen and oxygen atoms in total. The van der Waals surface area contributed by atoms with E-state index in [0.717, 1.165) is 37.8 Å². The van der Waals surface area contributed by atoms with Crippen molar-refractivity contribution in [3.8, 4) is 5.75 Å². The molecule has 2 aliphatic carbocycles. The van der Waals surface area contributed by atoms with Gasteiger partial charge in [0.15, 0.2) is 5.75 Å². The van der Waals surface area contributed by atoms with Crippen LogP contribution in [-0.2, 0) is 29.7 Å². The third-order valence-corrected chi connectivity index (χ3v) is 8.93. The minimum absolute atomic E-state index is 0.0419. The first-order valence-electron chi connectivity index (χ1n) is 15.1. The van der Waals surface area contributed by atoms with Crippen molar-refractivity contribution in [1.82, 2.24) is 9.97 Å². The van der Waals surface area contributed by atoms with E-state index in [-0.39, 0.29) is 53.5 Å². The van der Waals surface area contributed by atoms with Crippen molar-refractivity contribution in [1.29, 1.82) is 0 Å². The van der Waals surface area contributed by atoms with E-state index in [1.807, 2.05) is 4.90 Å². The lowest BCUT2D eigenvalue weighted by atomic mass is 9.98. The Kier molecular flexibility index (Phi) is 10.3. The van der Waals surface area contributed by atoms with Crippen molar-refractivity contribution >= 4 is 22.4 Å². The molecule has 2 fully saturated rings. The predicted molar refractivity (Wildman–Crippen MR) is 162 cm³/mol. The molecule has 5 rings (SSSR count). The molecule has 3 aromatic rings. The normalized spacial score (nSPS) is 16.6. The Morgan fingerprint density at radius 1 is 0.894 bits per heavy atom. The highest BCUT2D eigenvalue weighted by molar-refractivity contribution is 7.84. The molecule has 0 spiro atoms. The molecule has 2 unspecified atom stereocenters. The summed E-state index contributed by atoms with van der Waals surface area (Å²) in [7, 11) is -1.13. The summed E-state index contributed by atoms with van der Waals surface area (Å²) in [6, 6.07) is 1.95. The first-order valence-corrected chi connectivity index (χ1v) is 16.8. The molecule has 0 N–H and O–H groups in total. The molecule has 1 aromatic heterocycles. The second-order valence-electron chi connectivity index (χ2n) is 12.2. The van der Waals surface area contributed by atoms with Crippen LogP contribution >= 0.6 is 0 Å². The van der Waals surface area contributed by atoms with Gasteiger partial charge in [-0.05, 0) is 74.3 Å². The fraction of sp³-hybridized carbons (Fsp3) is 0.500. The Hall–Kier alpha value is -3.49. The zero-order valence-electron chi connectivity index (χ0n) is 25.7. The highest BCUT2D eigenvalue weighted by atomic mass is 32.2. The van der Waals surface area contributed by atoms with Crippen LogP contribution in [0.2, 0.25) is 0 Å². The van der Waals surface area contributed by atoms with Gasteiger partial charge in [-0.3, -0.25) is 4.21 Å². The first-order chi connectivity index (χ1) is 22.1. The van der Waals surface area contributed by atoms with Crippen LogP contribution in [0.3, 0.4) is 0 Å². The summed E-state index contributed by atoms with van der Waals surface area (Å²) >= 11 is 0. The molecule has 256 valence electrons. The smallest absolute Gasteiger partial charge is 0.416 e. The summed E-state index contributed by atoms with van der Waals surface area (Å²) in [6.07, 6.45) is -2.27. The maximum atomic E-state index is 15.7. The summed E-state index contributed by atoms with van der Waals surface area (Å²) in [4.78, 5) is 11.7. The zero-order chi connectivity index (χ0) is 34.1. The molecule has 47 heavy (non-hydrogen) atoms. The SMILES string of the molecule is CC(c1cc(C(F)(F)F)cc(C(F)(F)F)c1)N(Cc1cc(F)cc(F)c1N(CC1CC1)CC1CC1)c1ncc(OCCS(C)=O)cn1. The lowest BCUT2D eigenvalue weighted by Crippen LogP contribution is -2.33. The molecular formula is C32H34F8N4O2S. The lowest BCUT2D eigenvalue weighted by Gasteiger charge is -2.33. The summed E-state index contributed by atoms with van der Waals surface area (Å²) < 4.78 is 130. The number of aromatic nitrogens is 2. The number of benzene rings is 2. The van der Waals surface area contributed by atoms with Crippen LogP contribution in [-0.4, -0.2) is 45.9 Å². The van der Waals surface area contributed by atoms with Gasteiger partial charge in [-0.1, -0.05) is 0 Å². The Bertz CT molecular complexity index is 1530. The number of nitrogens with zero attached hydrogens (tertiary/aromatic N) is 4. The predicted octanol–water partition coefficient (Wildman–Crippen LogP) is 7.94. The van der Waals surface area contributed by atoms with Gasteiger partial charge >= 0.3 is 12.4 Å². The molecule has 0 amide bonds. The monoisotopic (exact) mass is 690 g/mol. The number of alkyl halides is 6. The van der Waals surface area contributed by atoms with Crippen molar-refractivity contribution in [2.75, 3.05) is 41.5 Å². The lowest BCUT2D eigenvalue weighted by molar-refractivity contribution is -0.143. The zero-order valence-corrected chi connectivity index (χ0v) is 26.5.